The molecule has 2 nitrogen and oxygen atoms in total. The zero-order chi connectivity index (χ0) is 19.7. The Hall–Kier alpha value is -2.18. The molecule has 28 heavy (non-hydrogen) atoms. The summed E-state index contributed by atoms with van der Waals surface area (Å²) < 4.78 is 58.1. The molecule has 1 fully saturated rings. The summed E-state index contributed by atoms with van der Waals surface area (Å²) in [7, 11) is 0. The van der Waals surface area contributed by atoms with E-state index in [1.54, 1.807) is 0 Å². The van der Waals surface area contributed by atoms with Crippen molar-refractivity contribution in [3.05, 3.63) is 82.7 Å². The van der Waals surface area contributed by atoms with Gasteiger partial charge in [0, 0.05) is 12.6 Å². The first-order chi connectivity index (χ1) is 13.4. The summed E-state index contributed by atoms with van der Waals surface area (Å²) in [5.41, 5.74) is 1.63. The van der Waals surface area contributed by atoms with Crippen molar-refractivity contribution < 1.29 is 22.3 Å². The quantitative estimate of drug-likeness (QED) is 0.538. The third-order valence-corrected chi connectivity index (χ3v) is 5.43. The van der Waals surface area contributed by atoms with E-state index in [0.717, 1.165) is 24.6 Å². The number of hydrogen-bond donors (Lipinski definition) is 0. The van der Waals surface area contributed by atoms with Gasteiger partial charge in [0.25, 0.3) is 0 Å². The highest BCUT2D eigenvalue weighted by molar-refractivity contribution is 5.31. The zero-order valence-corrected chi connectivity index (χ0v) is 15.3. The van der Waals surface area contributed by atoms with Crippen molar-refractivity contribution in [3.63, 3.8) is 0 Å². The van der Waals surface area contributed by atoms with Gasteiger partial charge in [-0.15, -0.1) is 0 Å². The molecule has 0 aliphatic carbocycles. The Kier molecular flexibility index (Phi) is 5.25. The summed E-state index contributed by atoms with van der Waals surface area (Å²) in [6.45, 7) is 2.00. The lowest BCUT2D eigenvalue weighted by atomic mass is 9.89. The van der Waals surface area contributed by atoms with Crippen LogP contribution in [0, 0.1) is 5.82 Å². The van der Waals surface area contributed by atoms with Crippen molar-refractivity contribution in [3.8, 4) is 0 Å². The van der Waals surface area contributed by atoms with Gasteiger partial charge in [0.05, 0.1) is 24.8 Å². The van der Waals surface area contributed by atoms with Crippen LogP contribution in [0.5, 0.6) is 0 Å². The second kappa shape index (κ2) is 7.68. The highest BCUT2D eigenvalue weighted by Gasteiger charge is 2.35. The van der Waals surface area contributed by atoms with Gasteiger partial charge in [-0.3, -0.25) is 4.90 Å². The van der Waals surface area contributed by atoms with Gasteiger partial charge in [-0.2, -0.15) is 13.2 Å². The van der Waals surface area contributed by atoms with Gasteiger partial charge in [0.15, 0.2) is 0 Å². The van der Waals surface area contributed by atoms with Gasteiger partial charge in [0.1, 0.15) is 5.82 Å². The molecule has 2 aliphatic heterocycles. The summed E-state index contributed by atoms with van der Waals surface area (Å²) in [6.07, 6.45) is -1.38. The highest BCUT2D eigenvalue weighted by Crippen LogP contribution is 2.33. The van der Waals surface area contributed by atoms with E-state index < -0.39 is 17.6 Å². The highest BCUT2D eigenvalue weighted by atomic mass is 19.4. The number of morpholine rings is 1. The molecule has 2 bridgehead atoms. The number of fused-ring (bicyclic) bond motifs is 2. The molecule has 2 unspecified atom stereocenters. The van der Waals surface area contributed by atoms with Crippen LogP contribution in [0.1, 0.15) is 23.1 Å². The van der Waals surface area contributed by atoms with Crippen molar-refractivity contribution in [2.75, 3.05) is 13.2 Å². The molecule has 2 aromatic rings. The number of hydrogen-bond acceptors (Lipinski definition) is 2. The van der Waals surface area contributed by atoms with Crippen molar-refractivity contribution >= 4 is 0 Å². The smallest absolute Gasteiger partial charge is 0.378 e. The average Bonchev–Trinajstić information content (AvgIpc) is 2.64. The van der Waals surface area contributed by atoms with E-state index >= 15 is 0 Å². The molecule has 2 heterocycles. The largest absolute Gasteiger partial charge is 0.416 e. The first-order valence-electron chi connectivity index (χ1n) is 9.33. The molecule has 0 radical (unpaired) electrons. The maximum absolute atomic E-state index is 14.2. The topological polar surface area (TPSA) is 12.5 Å². The predicted molar refractivity (Wildman–Crippen MR) is 98.2 cm³/mol. The molecule has 0 saturated carbocycles. The van der Waals surface area contributed by atoms with Crippen molar-refractivity contribution in [1.82, 2.24) is 4.90 Å². The normalized spacial score (nSPS) is 22.8. The van der Waals surface area contributed by atoms with Gasteiger partial charge in [-0.1, -0.05) is 48.0 Å². The van der Waals surface area contributed by atoms with Crippen molar-refractivity contribution in [2.24, 2.45) is 0 Å². The first kappa shape index (κ1) is 19.2. The van der Waals surface area contributed by atoms with E-state index in [4.69, 9.17) is 4.74 Å². The summed E-state index contributed by atoms with van der Waals surface area (Å²) in [5, 5.41) is 0. The summed E-state index contributed by atoms with van der Waals surface area (Å²) in [4.78, 5) is 2.39. The standard InChI is InChI=1S/C22H21F4NO/c23-21-11-18(22(24,25)26)7-6-17(21)8-16-9-19-13-28-14-20(10-16)27(19)12-15-4-2-1-3-5-15/h1-7,9,11,19-20H,8,10,12-14H2. The lowest BCUT2D eigenvalue weighted by molar-refractivity contribution is -0.137. The number of alkyl halides is 3. The average molecular weight is 391 g/mol. The van der Waals surface area contributed by atoms with Crippen LogP contribution in [-0.4, -0.2) is 30.2 Å². The zero-order valence-electron chi connectivity index (χ0n) is 15.3. The Labute approximate surface area is 161 Å². The maximum atomic E-state index is 14.2. The molecule has 0 spiro atoms. The molecule has 2 atom stereocenters. The molecule has 0 amide bonds. The minimum absolute atomic E-state index is 0.0974. The predicted octanol–water partition coefficient (Wildman–Crippen LogP) is 4.99. The van der Waals surface area contributed by atoms with E-state index in [0.29, 0.717) is 31.3 Å². The fraction of sp³-hybridized carbons (Fsp3) is 0.364. The Morgan fingerprint density at radius 2 is 1.82 bits per heavy atom. The van der Waals surface area contributed by atoms with Crippen LogP contribution in [0.4, 0.5) is 17.6 Å². The molecule has 1 saturated heterocycles. The maximum Gasteiger partial charge on any atom is 0.416 e. The van der Waals surface area contributed by atoms with E-state index in [2.05, 4.69) is 23.1 Å². The molecular formula is C22H21F4NO. The molecule has 6 heteroatoms. The Morgan fingerprint density at radius 1 is 1.04 bits per heavy atom. The molecule has 0 N–H and O–H groups in total. The second-order valence-corrected chi connectivity index (χ2v) is 7.43. The summed E-state index contributed by atoms with van der Waals surface area (Å²) in [6, 6.07) is 13.3. The van der Waals surface area contributed by atoms with Crippen LogP contribution >= 0.6 is 0 Å². The minimum Gasteiger partial charge on any atom is -0.378 e. The lowest BCUT2D eigenvalue weighted by Gasteiger charge is -2.45. The van der Waals surface area contributed by atoms with Crippen LogP contribution in [0.2, 0.25) is 0 Å². The van der Waals surface area contributed by atoms with Crippen LogP contribution in [0.25, 0.3) is 0 Å². The lowest BCUT2D eigenvalue weighted by Crippen LogP contribution is -2.53. The third-order valence-electron chi connectivity index (χ3n) is 5.43. The molecular weight excluding hydrogens is 370 g/mol. The van der Waals surface area contributed by atoms with Gasteiger partial charge in [-0.05, 0) is 36.1 Å². The molecule has 2 aromatic carbocycles. The van der Waals surface area contributed by atoms with E-state index in [1.165, 1.54) is 11.6 Å². The van der Waals surface area contributed by atoms with Crippen LogP contribution in [0.15, 0.2) is 60.2 Å². The SMILES string of the molecule is Fc1cc(C(F)(F)F)ccc1CC1=CC2COCC(C1)N2Cc1ccccc1. The summed E-state index contributed by atoms with van der Waals surface area (Å²) in [5.74, 6) is -0.802. The number of halogens is 4. The van der Waals surface area contributed by atoms with Gasteiger partial charge >= 0.3 is 6.18 Å². The summed E-state index contributed by atoms with van der Waals surface area (Å²) >= 11 is 0. The number of rotatable bonds is 4. The Morgan fingerprint density at radius 3 is 2.50 bits per heavy atom. The second-order valence-electron chi connectivity index (χ2n) is 7.43. The van der Waals surface area contributed by atoms with E-state index in [-0.39, 0.29) is 12.1 Å². The van der Waals surface area contributed by atoms with E-state index in [1.807, 2.05) is 18.2 Å². The minimum atomic E-state index is -4.53. The molecule has 148 valence electrons. The van der Waals surface area contributed by atoms with Crippen LogP contribution < -0.4 is 0 Å². The van der Waals surface area contributed by atoms with Gasteiger partial charge in [0.2, 0.25) is 0 Å². The fourth-order valence-corrected chi connectivity index (χ4v) is 4.03. The monoisotopic (exact) mass is 391 g/mol. The van der Waals surface area contributed by atoms with Crippen molar-refractivity contribution in [1.29, 1.82) is 0 Å². The van der Waals surface area contributed by atoms with Gasteiger partial charge in [-0.25, -0.2) is 4.39 Å². The Balaban J connectivity index is 1.51. The van der Waals surface area contributed by atoms with Crippen molar-refractivity contribution in [2.45, 2.75) is 37.6 Å². The molecule has 0 aromatic heterocycles. The van der Waals surface area contributed by atoms with Crippen LogP contribution in [-0.2, 0) is 23.9 Å². The third kappa shape index (κ3) is 4.13. The van der Waals surface area contributed by atoms with Crippen LogP contribution in [0.3, 0.4) is 0 Å². The first-order valence-corrected chi connectivity index (χ1v) is 9.33. The molecule has 4 rings (SSSR count). The molecule has 2 aliphatic rings. The van der Waals surface area contributed by atoms with Gasteiger partial charge < -0.3 is 4.74 Å². The number of nitrogens with zero attached hydrogens (tertiary/aromatic N) is 1. The van der Waals surface area contributed by atoms with E-state index in [9.17, 15) is 17.6 Å². The number of benzene rings is 2. The number of ether oxygens (including phenoxy) is 1. The Bertz CT molecular complexity index is 863. The fourth-order valence-electron chi connectivity index (χ4n) is 4.03.